The number of hydrogen-bond acceptors (Lipinski definition) is 1. The van der Waals surface area contributed by atoms with Crippen LogP contribution in [-0.4, -0.2) is 4.57 Å². The van der Waals surface area contributed by atoms with Gasteiger partial charge in [0.1, 0.15) is 0 Å². The highest BCUT2D eigenvalue weighted by molar-refractivity contribution is 6.09. The summed E-state index contributed by atoms with van der Waals surface area (Å²) in [5.41, 5.74) is 16.5. The molecule has 1 aromatic heterocycles. The largest absolute Gasteiger partial charge is 0.310 e. The Morgan fingerprint density at radius 1 is 0.268 bits per heavy atom. The highest BCUT2D eigenvalue weighted by atomic mass is 15.1. The van der Waals surface area contributed by atoms with Crippen molar-refractivity contribution in [1.29, 1.82) is 0 Å². The number of benzene rings is 9. The summed E-state index contributed by atoms with van der Waals surface area (Å²) in [4.78, 5) is 2.36. The average molecular weight is 715 g/mol. The van der Waals surface area contributed by atoms with Gasteiger partial charge in [-0.2, -0.15) is 0 Å². The normalized spacial score (nSPS) is 11.2. The average Bonchev–Trinajstić information content (AvgIpc) is 3.62. The molecule has 0 aliphatic heterocycles. The van der Waals surface area contributed by atoms with Gasteiger partial charge < -0.3 is 9.47 Å². The molecule has 0 saturated carbocycles. The van der Waals surface area contributed by atoms with Crippen LogP contribution in [0.3, 0.4) is 0 Å². The Hall–Kier alpha value is -7.42. The molecule has 0 atom stereocenters. The monoisotopic (exact) mass is 714 g/mol. The lowest BCUT2D eigenvalue weighted by molar-refractivity contribution is 1.18. The van der Waals surface area contributed by atoms with Crippen LogP contribution in [0.2, 0.25) is 0 Å². The molecule has 10 aromatic rings. The van der Waals surface area contributed by atoms with Crippen LogP contribution in [0.4, 0.5) is 17.1 Å². The molecule has 264 valence electrons. The molecule has 0 N–H and O–H groups in total. The minimum absolute atomic E-state index is 1.10. The quantitative estimate of drug-likeness (QED) is 0.152. The van der Waals surface area contributed by atoms with Crippen molar-refractivity contribution in [2.75, 3.05) is 4.90 Å². The van der Waals surface area contributed by atoms with Gasteiger partial charge in [0.2, 0.25) is 0 Å². The molecule has 0 spiro atoms. The van der Waals surface area contributed by atoms with Crippen LogP contribution >= 0.6 is 0 Å². The molecule has 0 aliphatic carbocycles. The van der Waals surface area contributed by atoms with E-state index in [4.69, 9.17) is 0 Å². The first-order chi connectivity index (χ1) is 27.8. The Morgan fingerprint density at radius 2 is 0.661 bits per heavy atom. The summed E-state index contributed by atoms with van der Waals surface area (Å²) < 4.78 is 2.41. The zero-order valence-electron chi connectivity index (χ0n) is 30.8. The lowest BCUT2D eigenvalue weighted by Gasteiger charge is -2.28. The summed E-state index contributed by atoms with van der Waals surface area (Å²) >= 11 is 0. The number of aromatic nitrogens is 1. The summed E-state index contributed by atoms with van der Waals surface area (Å²) in [5, 5.41) is 2.53. The van der Waals surface area contributed by atoms with E-state index in [0.717, 1.165) is 17.1 Å². The highest BCUT2D eigenvalue weighted by Gasteiger charge is 2.18. The molecule has 0 bridgehead atoms. The number of fused-ring (bicyclic) bond motifs is 3. The number of para-hydroxylation sites is 5. The van der Waals surface area contributed by atoms with Gasteiger partial charge in [-0.1, -0.05) is 182 Å². The van der Waals surface area contributed by atoms with Crippen molar-refractivity contribution in [2.45, 2.75) is 0 Å². The third kappa shape index (κ3) is 6.04. The molecule has 0 amide bonds. The van der Waals surface area contributed by atoms with Gasteiger partial charge in [-0.3, -0.25) is 0 Å². The molecular formula is C54H38N2. The van der Waals surface area contributed by atoms with Crippen molar-refractivity contribution in [3.05, 3.63) is 231 Å². The van der Waals surface area contributed by atoms with E-state index in [9.17, 15) is 0 Å². The molecule has 0 saturated heterocycles. The van der Waals surface area contributed by atoms with Crippen LogP contribution in [0.1, 0.15) is 0 Å². The van der Waals surface area contributed by atoms with Gasteiger partial charge >= 0.3 is 0 Å². The van der Waals surface area contributed by atoms with Crippen LogP contribution in [0.25, 0.3) is 72.0 Å². The molecule has 0 aliphatic rings. The van der Waals surface area contributed by atoms with Crippen LogP contribution in [0.15, 0.2) is 231 Å². The summed E-state index contributed by atoms with van der Waals surface area (Å²) in [6.45, 7) is 0. The van der Waals surface area contributed by atoms with E-state index >= 15 is 0 Å². The van der Waals surface area contributed by atoms with Gasteiger partial charge in [0, 0.05) is 33.3 Å². The second kappa shape index (κ2) is 14.4. The van der Waals surface area contributed by atoms with Crippen LogP contribution in [0, 0.1) is 0 Å². The second-order valence-corrected chi connectivity index (χ2v) is 14.1. The first-order valence-corrected chi connectivity index (χ1v) is 19.2. The third-order valence-corrected chi connectivity index (χ3v) is 10.8. The summed E-state index contributed by atoms with van der Waals surface area (Å²) in [5.74, 6) is 0. The Kier molecular flexibility index (Phi) is 8.55. The standard InChI is InChI=1S/C54H38N2/c1-3-15-39(16-4-1)40-27-31-43(32-28-40)47-19-7-11-23-51(47)55(45-17-5-2-6-18-45)46-37-35-42(36-38-46)41-29-33-44(34-30-41)48-20-8-12-24-52(48)56-53-25-13-9-21-49(53)50-22-10-14-26-54(50)56/h1-38H. The van der Waals surface area contributed by atoms with Crippen molar-refractivity contribution in [3.8, 4) is 50.2 Å². The van der Waals surface area contributed by atoms with Crippen LogP contribution < -0.4 is 4.90 Å². The summed E-state index contributed by atoms with van der Waals surface area (Å²) in [7, 11) is 0. The predicted octanol–water partition coefficient (Wildman–Crippen LogP) is 14.9. The van der Waals surface area contributed by atoms with E-state index in [-0.39, 0.29) is 0 Å². The molecular weight excluding hydrogens is 677 g/mol. The van der Waals surface area contributed by atoms with Crippen molar-refractivity contribution < 1.29 is 0 Å². The zero-order valence-corrected chi connectivity index (χ0v) is 30.8. The summed E-state index contributed by atoms with van der Waals surface area (Å²) in [6.07, 6.45) is 0. The fourth-order valence-corrected chi connectivity index (χ4v) is 8.13. The van der Waals surface area contributed by atoms with Crippen LogP contribution in [0.5, 0.6) is 0 Å². The van der Waals surface area contributed by atoms with Gasteiger partial charge in [-0.05, 0) is 81.9 Å². The van der Waals surface area contributed by atoms with Crippen molar-refractivity contribution in [2.24, 2.45) is 0 Å². The molecule has 9 aromatic carbocycles. The van der Waals surface area contributed by atoms with E-state index < -0.39 is 0 Å². The minimum atomic E-state index is 1.10. The number of nitrogens with zero attached hydrogens (tertiary/aromatic N) is 2. The Balaban J connectivity index is 0.983. The first kappa shape index (κ1) is 33.2. The van der Waals surface area contributed by atoms with Gasteiger partial charge in [-0.15, -0.1) is 0 Å². The molecule has 56 heavy (non-hydrogen) atoms. The van der Waals surface area contributed by atoms with Crippen molar-refractivity contribution in [3.63, 3.8) is 0 Å². The van der Waals surface area contributed by atoms with Crippen molar-refractivity contribution >= 4 is 38.9 Å². The minimum Gasteiger partial charge on any atom is -0.310 e. The lowest BCUT2D eigenvalue weighted by atomic mass is 9.97. The molecule has 2 nitrogen and oxygen atoms in total. The maximum Gasteiger partial charge on any atom is 0.0541 e. The van der Waals surface area contributed by atoms with E-state index in [2.05, 4.69) is 240 Å². The Morgan fingerprint density at radius 3 is 1.27 bits per heavy atom. The fourth-order valence-electron chi connectivity index (χ4n) is 8.13. The fraction of sp³-hybridized carbons (Fsp3) is 0. The van der Waals surface area contributed by atoms with Gasteiger partial charge in [0.05, 0.1) is 22.4 Å². The smallest absolute Gasteiger partial charge is 0.0541 e. The number of anilines is 3. The zero-order chi connectivity index (χ0) is 37.3. The van der Waals surface area contributed by atoms with Crippen molar-refractivity contribution in [1.82, 2.24) is 4.57 Å². The predicted molar refractivity (Wildman–Crippen MR) is 237 cm³/mol. The van der Waals surface area contributed by atoms with Gasteiger partial charge in [0.25, 0.3) is 0 Å². The third-order valence-electron chi connectivity index (χ3n) is 10.8. The molecule has 0 unspecified atom stereocenters. The maximum absolute atomic E-state index is 2.41. The van der Waals surface area contributed by atoms with E-state index in [1.807, 2.05) is 0 Å². The molecule has 1 heterocycles. The SMILES string of the molecule is c1ccc(-c2ccc(-c3ccccc3N(c3ccccc3)c3ccc(-c4ccc(-c5ccccc5-n5c6ccccc6c6ccccc65)cc4)cc3)cc2)cc1. The molecule has 0 radical (unpaired) electrons. The van der Waals surface area contributed by atoms with Gasteiger partial charge in [0.15, 0.2) is 0 Å². The summed E-state index contributed by atoms with van der Waals surface area (Å²) in [6, 6.07) is 82.9. The van der Waals surface area contributed by atoms with E-state index in [1.165, 1.54) is 72.0 Å². The molecule has 10 rings (SSSR count). The van der Waals surface area contributed by atoms with E-state index in [0.29, 0.717) is 0 Å². The number of hydrogen-bond donors (Lipinski definition) is 0. The van der Waals surface area contributed by atoms with E-state index in [1.54, 1.807) is 0 Å². The Labute approximate surface area is 327 Å². The highest BCUT2D eigenvalue weighted by Crippen LogP contribution is 2.42. The Bertz CT molecular complexity index is 2870. The lowest BCUT2D eigenvalue weighted by Crippen LogP contribution is -2.11. The van der Waals surface area contributed by atoms with Gasteiger partial charge in [-0.25, -0.2) is 0 Å². The topological polar surface area (TPSA) is 8.17 Å². The number of rotatable bonds is 8. The molecule has 2 heteroatoms. The maximum atomic E-state index is 2.41. The second-order valence-electron chi connectivity index (χ2n) is 14.1. The first-order valence-electron chi connectivity index (χ1n) is 19.2. The van der Waals surface area contributed by atoms with Crippen LogP contribution in [-0.2, 0) is 0 Å². The molecule has 0 fully saturated rings.